The molecule has 1 unspecified atom stereocenters. The van der Waals surface area contributed by atoms with Crippen molar-refractivity contribution in [3.8, 4) is 11.5 Å². The van der Waals surface area contributed by atoms with Gasteiger partial charge >= 0.3 is 0 Å². The fourth-order valence-corrected chi connectivity index (χ4v) is 4.63. The van der Waals surface area contributed by atoms with E-state index in [-0.39, 0.29) is 0 Å². The molecular weight excluding hydrogens is 360 g/mol. The molecule has 0 spiro atoms. The van der Waals surface area contributed by atoms with Crippen LogP contribution < -0.4 is 9.47 Å². The van der Waals surface area contributed by atoms with E-state index >= 15 is 0 Å². The normalized spacial score (nSPS) is 20.3. The van der Waals surface area contributed by atoms with Crippen LogP contribution >= 0.6 is 12.2 Å². The van der Waals surface area contributed by atoms with Gasteiger partial charge in [-0.1, -0.05) is 6.42 Å². The van der Waals surface area contributed by atoms with Crippen molar-refractivity contribution in [2.75, 3.05) is 20.8 Å². The smallest absolute Gasteiger partial charge is 0.199 e. The van der Waals surface area contributed by atoms with E-state index in [1.165, 1.54) is 24.8 Å². The van der Waals surface area contributed by atoms with Gasteiger partial charge in [0.05, 0.1) is 20.9 Å². The summed E-state index contributed by atoms with van der Waals surface area (Å²) in [4.78, 5) is 2.46. The zero-order valence-electron chi connectivity index (χ0n) is 16.2. The molecule has 146 valence electrons. The van der Waals surface area contributed by atoms with E-state index in [0.29, 0.717) is 6.04 Å². The second kappa shape index (κ2) is 8.02. The topological polar surface area (TPSA) is 44.5 Å². The van der Waals surface area contributed by atoms with E-state index in [9.17, 15) is 0 Å². The average Bonchev–Trinajstić information content (AvgIpc) is 3.18. The first-order valence-electron chi connectivity index (χ1n) is 9.83. The van der Waals surface area contributed by atoms with Crippen molar-refractivity contribution in [3.63, 3.8) is 0 Å². The summed E-state index contributed by atoms with van der Waals surface area (Å²) >= 11 is 5.74. The molecule has 0 amide bonds. The van der Waals surface area contributed by atoms with Gasteiger partial charge in [-0.15, -0.1) is 0 Å². The van der Waals surface area contributed by atoms with Gasteiger partial charge in [0.2, 0.25) is 0 Å². The zero-order valence-corrected chi connectivity index (χ0v) is 17.0. The van der Waals surface area contributed by atoms with Crippen molar-refractivity contribution in [2.45, 2.75) is 57.8 Å². The van der Waals surface area contributed by atoms with E-state index in [2.05, 4.69) is 15.5 Å². The van der Waals surface area contributed by atoms with Crippen LogP contribution in [0.5, 0.6) is 11.5 Å². The Hall–Kier alpha value is -1.86. The minimum absolute atomic E-state index is 0.290. The monoisotopic (exact) mass is 388 g/mol. The van der Waals surface area contributed by atoms with Gasteiger partial charge in [-0.05, 0) is 56.1 Å². The number of aryl methyl sites for hydroxylation is 1. The van der Waals surface area contributed by atoms with Gasteiger partial charge in [0.1, 0.15) is 17.3 Å². The van der Waals surface area contributed by atoms with Crippen LogP contribution in [0, 0.1) is 4.77 Å². The van der Waals surface area contributed by atoms with E-state index < -0.39 is 0 Å². The third-order valence-corrected chi connectivity index (χ3v) is 6.19. The molecule has 2 aliphatic heterocycles. The number of fused-ring (bicyclic) bond motifs is 1. The summed E-state index contributed by atoms with van der Waals surface area (Å²) in [6, 6.07) is 6.33. The Bertz CT molecular complexity index is 860. The minimum Gasteiger partial charge on any atom is -0.497 e. The van der Waals surface area contributed by atoms with Gasteiger partial charge in [0.15, 0.2) is 4.77 Å². The molecule has 0 N–H and O–H groups in total. The Morgan fingerprint density at radius 3 is 2.81 bits per heavy atom. The second-order valence-corrected chi connectivity index (χ2v) is 7.75. The van der Waals surface area contributed by atoms with Crippen LogP contribution in [0.15, 0.2) is 18.2 Å². The number of hydrogen-bond acceptors (Lipinski definition) is 5. The van der Waals surface area contributed by atoms with Crippen LogP contribution in [0.3, 0.4) is 0 Å². The molecule has 0 radical (unpaired) electrons. The molecule has 0 saturated carbocycles. The highest BCUT2D eigenvalue weighted by Gasteiger charge is 2.29. The van der Waals surface area contributed by atoms with Gasteiger partial charge < -0.3 is 14.0 Å². The van der Waals surface area contributed by atoms with Crippen LogP contribution in [-0.4, -0.2) is 40.0 Å². The third kappa shape index (κ3) is 3.62. The Labute approximate surface area is 165 Å². The van der Waals surface area contributed by atoms with Gasteiger partial charge in [-0.3, -0.25) is 4.90 Å². The average molecular weight is 389 g/mol. The molecule has 7 heteroatoms. The highest BCUT2D eigenvalue weighted by atomic mass is 32.1. The first kappa shape index (κ1) is 18.5. The molecule has 1 fully saturated rings. The molecule has 4 rings (SSSR count). The van der Waals surface area contributed by atoms with Crippen molar-refractivity contribution >= 4 is 12.2 Å². The number of rotatable bonds is 5. The van der Waals surface area contributed by atoms with Crippen LogP contribution in [-0.2, 0) is 19.6 Å². The molecular formula is C20H28N4O2S. The lowest BCUT2D eigenvalue weighted by molar-refractivity contribution is 0.186. The molecule has 27 heavy (non-hydrogen) atoms. The fraction of sp³-hybridized carbons (Fsp3) is 0.600. The Balaban J connectivity index is 1.61. The predicted molar refractivity (Wildman–Crippen MR) is 107 cm³/mol. The summed E-state index contributed by atoms with van der Waals surface area (Å²) in [5, 5.41) is 4.86. The van der Waals surface area contributed by atoms with Crippen LogP contribution in [0.25, 0.3) is 0 Å². The highest BCUT2D eigenvalue weighted by molar-refractivity contribution is 7.71. The van der Waals surface area contributed by atoms with Crippen LogP contribution in [0.2, 0.25) is 0 Å². The van der Waals surface area contributed by atoms with Crippen molar-refractivity contribution in [1.82, 2.24) is 19.2 Å². The third-order valence-electron chi connectivity index (χ3n) is 5.76. The predicted octanol–water partition coefficient (Wildman–Crippen LogP) is 3.95. The van der Waals surface area contributed by atoms with Gasteiger partial charge in [-0.25, -0.2) is 4.68 Å². The maximum atomic E-state index is 5.74. The Morgan fingerprint density at radius 2 is 2.00 bits per heavy atom. The standard InChI is InChI=1S/C20H28N4O2S/c1-25-15-9-10-18(26-2)16(13-15)17-7-6-11-22(17)14-24-20(27)23-12-5-3-4-8-19(23)21-24/h9-10,13,17H,3-8,11-12,14H2,1-2H3. The molecule has 0 bridgehead atoms. The summed E-state index contributed by atoms with van der Waals surface area (Å²) < 4.78 is 16.2. The van der Waals surface area contributed by atoms with E-state index in [0.717, 1.165) is 61.1 Å². The van der Waals surface area contributed by atoms with Crippen molar-refractivity contribution < 1.29 is 9.47 Å². The number of likely N-dealkylation sites (tertiary alicyclic amines) is 1. The maximum Gasteiger partial charge on any atom is 0.199 e. The van der Waals surface area contributed by atoms with Crippen molar-refractivity contribution in [3.05, 3.63) is 34.4 Å². The fourth-order valence-electron chi connectivity index (χ4n) is 4.34. The number of benzene rings is 1. The number of methoxy groups -OCH3 is 2. The molecule has 3 heterocycles. The molecule has 2 aliphatic rings. The lowest BCUT2D eigenvalue weighted by Gasteiger charge is -2.26. The summed E-state index contributed by atoms with van der Waals surface area (Å²) in [6.07, 6.45) is 6.96. The lowest BCUT2D eigenvalue weighted by atomic mass is 10.0. The number of hydrogen-bond donors (Lipinski definition) is 0. The number of nitrogens with zero attached hydrogens (tertiary/aromatic N) is 4. The Kier molecular flexibility index (Phi) is 5.50. The molecule has 1 aromatic heterocycles. The summed E-state index contributed by atoms with van der Waals surface area (Å²) in [5.41, 5.74) is 1.18. The first-order chi connectivity index (χ1) is 13.2. The maximum absolute atomic E-state index is 5.74. The van der Waals surface area contributed by atoms with Gasteiger partial charge in [-0.2, -0.15) is 5.10 Å². The molecule has 1 saturated heterocycles. The van der Waals surface area contributed by atoms with E-state index in [1.807, 2.05) is 16.8 Å². The zero-order chi connectivity index (χ0) is 18.8. The molecule has 0 aliphatic carbocycles. The van der Waals surface area contributed by atoms with E-state index in [1.54, 1.807) is 14.2 Å². The van der Waals surface area contributed by atoms with E-state index in [4.69, 9.17) is 26.8 Å². The molecule has 2 aromatic rings. The molecule has 1 atom stereocenters. The summed E-state index contributed by atoms with van der Waals surface area (Å²) in [7, 11) is 3.43. The highest BCUT2D eigenvalue weighted by Crippen LogP contribution is 2.39. The number of ether oxygens (including phenoxy) is 2. The van der Waals surface area contributed by atoms with Crippen LogP contribution in [0.1, 0.15) is 49.5 Å². The summed E-state index contributed by atoms with van der Waals surface area (Å²) in [6.45, 7) is 2.76. The van der Waals surface area contributed by atoms with Crippen molar-refractivity contribution in [1.29, 1.82) is 0 Å². The van der Waals surface area contributed by atoms with Gasteiger partial charge in [0.25, 0.3) is 0 Å². The largest absolute Gasteiger partial charge is 0.497 e. The summed E-state index contributed by atoms with van der Waals surface area (Å²) in [5.74, 6) is 2.92. The second-order valence-electron chi connectivity index (χ2n) is 7.38. The molecule has 1 aromatic carbocycles. The first-order valence-corrected chi connectivity index (χ1v) is 10.2. The SMILES string of the molecule is COc1ccc(OC)c(C2CCCN2Cn2nc3n(c2=S)CCCCC3)c1. The van der Waals surface area contributed by atoms with Crippen LogP contribution in [0.4, 0.5) is 0 Å². The minimum atomic E-state index is 0.290. The van der Waals surface area contributed by atoms with Crippen molar-refractivity contribution in [2.24, 2.45) is 0 Å². The Morgan fingerprint density at radius 1 is 1.11 bits per heavy atom. The lowest BCUT2D eigenvalue weighted by Crippen LogP contribution is -2.27. The van der Waals surface area contributed by atoms with Gasteiger partial charge in [0, 0.05) is 31.1 Å². The number of aromatic nitrogens is 3. The quantitative estimate of drug-likeness (QED) is 0.726. The molecule has 6 nitrogen and oxygen atoms in total.